The highest BCUT2D eigenvalue weighted by atomic mass is 32.2. The number of oxime groups is 1. The lowest BCUT2D eigenvalue weighted by molar-refractivity contribution is -0.132. The largest absolute Gasteiger partial charge is 0.464 e. The maximum atomic E-state index is 11.1. The van der Waals surface area contributed by atoms with Crippen LogP contribution in [0.25, 0.3) is 0 Å². The molecule has 0 N–H and O–H groups in total. The van der Waals surface area contributed by atoms with Crippen LogP contribution in [0.2, 0.25) is 0 Å². The molecule has 1 aromatic rings. The van der Waals surface area contributed by atoms with Gasteiger partial charge >= 0.3 is 5.97 Å². The van der Waals surface area contributed by atoms with Gasteiger partial charge in [-0.2, -0.15) is 0 Å². The van der Waals surface area contributed by atoms with Gasteiger partial charge in [-0.1, -0.05) is 16.9 Å². The van der Waals surface area contributed by atoms with Crippen LogP contribution in [0.3, 0.4) is 0 Å². The second kappa shape index (κ2) is 5.31. The van der Waals surface area contributed by atoms with Crippen LogP contribution in [0.4, 0.5) is 0 Å². The van der Waals surface area contributed by atoms with E-state index in [1.807, 2.05) is 5.38 Å². The number of hydrogen-bond acceptors (Lipinski definition) is 7. The lowest BCUT2D eigenvalue weighted by Gasteiger charge is -2.04. The number of carbonyl (C=O) groups excluding carboxylic acids is 1. The van der Waals surface area contributed by atoms with Crippen molar-refractivity contribution in [2.45, 2.75) is 16.9 Å². The SMILES string of the molecule is COC(=O)C1=NO[C@@H](CSc2nccs2)C1. The fourth-order valence-electron chi connectivity index (χ4n) is 1.20. The van der Waals surface area contributed by atoms with Crippen LogP contribution in [-0.4, -0.2) is 35.6 Å². The third-order valence-electron chi connectivity index (χ3n) is 1.96. The van der Waals surface area contributed by atoms with Gasteiger partial charge in [0, 0.05) is 23.8 Å². The average molecular weight is 258 g/mol. The summed E-state index contributed by atoms with van der Waals surface area (Å²) in [4.78, 5) is 20.4. The van der Waals surface area contributed by atoms with Gasteiger partial charge in [0.25, 0.3) is 0 Å². The number of thiazole rings is 1. The first-order valence-corrected chi connectivity index (χ1v) is 6.49. The number of methoxy groups -OCH3 is 1. The Kier molecular flexibility index (Phi) is 3.79. The summed E-state index contributed by atoms with van der Waals surface area (Å²) in [5.41, 5.74) is 0.354. The number of carbonyl (C=O) groups is 1. The van der Waals surface area contributed by atoms with E-state index in [1.165, 1.54) is 7.11 Å². The molecule has 0 aliphatic carbocycles. The molecule has 0 saturated carbocycles. The number of ether oxygens (including phenoxy) is 1. The van der Waals surface area contributed by atoms with E-state index in [9.17, 15) is 4.79 Å². The second-order valence-electron chi connectivity index (χ2n) is 3.07. The lowest BCUT2D eigenvalue weighted by Crippen LogP contribution is -2.17. The highest BCUT2D eigenvalue weighted by molar-refractivity contribution is 8.01. The normalized spacial score (nSPS) is 19.1. The van der Waals surface area contributed by atoms with Crippen molar-refractivity contribution in [1.29, 1.82) is 0 Å². The molecule has 5 nitrogen and oxygen atoms in total. The Labute approximate surface area is 101 Å². The summed E-state index contributed by atoms with van der Waals surface area (Å²) in [5, 5.41) is 5.62. The number of hydrogen-bond donors (Lipinski definition) is 0. The summed E-state index contributed by atoms with van der Waals surface area (Å²) in [6.07, 6.45) is 2.20. The van der Waals surface area contributed by atoms with Crippen LogP contribution >= 0.6 is 23.1 Å². The topological polar surface area (TPSA) is 60.8 Å². The van der Waals surface area contributed by atoms with E-state index in [0.29, 0.717) is 12.1 Å². The predicted molar refractivity (Wildman–Crippen MR) is 61.8 cm³/mol. The third kappa shape index (κ3) is 2.73. The Balaban J connectivity index is 1.77. The zero-order chi connectivity index (χ0) is 11.4. The molecular formula is C9H10N2O3S2. The van der Waals surface area contributed by atoms with Crippen LogP contribution in [0, 0.1) is 0 Å². The molecule has 1 atom stereocenters. The zero-order valence-electron chi connectivity index (χ0n) is 8.58. The molecular weight excluding hydrogens is 248 g/mol. The highest BCUT2D eigenvalue weighted by Gasteiger charge is 2.26. The third-order valence-corrected chi connectivity index (χ3v) is 4.05. The first-order valence-electron chi connectivity index (χ1n) is 4.63. The van der Waals surface area contributed by atoms with Gasteiger partial charge in [-0.3, -0.25) is 0 Å². The Morgan fingerprint density at radius 2 is 2.69 bits per heavy atom. The van der Waals surface area contributed by atoms with Crippen molar-refractivity contribution in [2.24, 2.45) is 5.16 Å². The average Bonchev–Trinajstić information content (AvgIpc) is 2.96. The molecule has 86 valence electrons. The number of thioether (sulfide) groups is 1. The van der Waals surface area contributed by atoms with E-state index in [2.05, 4.69) is 14.9 Å². The van der Waals surface area contributed by atoms with E-state index in [0.717, 1.165) is 10.1 Å². The fourth-order valence-corrected chi connectivity index (χ4v) is 2.85. The summed E-state index contributed by atoms with van der Waals surface area (Å²) in [6, 6.07) is 0. The number of aromatic nitrogens is 1. The molecule has 0 amide bonds. The fraction of sp³-hybridized carbons (Fsp3) is 0.444. The van der Waals surface area contributed by atoms with Gasteiger partial charge in [-0.25, -0.2) is 9.78 Å². The van der Waals surface area contributed by atoms with Gasteiger partial charge in [0.1, 0.15) is 10.4 Å². The molecule has 7 heteroatoms. The predicted octanol–water partition coefficient (Wildman–Crippen LogP) is 1.55. The maximum Gasteiger partial charge on any atom is 0.355 e. The zero-order valence-corrected chi connectivity index (χ0v) is 10.2. The lowest BCUT2D eigenvalue weighted by atomic mass is 10.2. The van der Waals surface area contributed by atoms with Crippen LogP contribution in [0.5, 0.6) is 0 Å². The van der Waals surface area contributed by atoms with Crippen LogP contribution in [-0.2, 0) is 14.4 Å². The van der Waals surface area contributed by atoms with Crippen molar-refractivity contribution in [3.8, 4) is 0 Å². The molecule has 0 spiro atoms. The van der Waals surface area contributed by atoms with E-state index in [-0.39, 0.29) is 6.10 Å². The molecule has 16 heavy (non-hydrogen) atoms. The molecule has 1 aromatic heterocycles. The minimum absolute atomic E-state index is 0.0667. The van der Waals surface area contributed by atoms with Crippen molar-refractivity contribution in [1.82, 2.24) is 4.98 Å². The number of esters is 1. The van der Waals surface area contributed by atoms with Gasteiger partial charge in [0.05, 0.1) is 7.11 Å². The summed E-state index contributed by atoms with van der Waals surface area (Å²) in [5.74, 6) is 0.319. The van der Waals surface area contributed by atoms with Crippen molar-refractivity contribution >= 4 is 34.8 Å². The first kappa shape index (κ1) is 11.4. The Morgan fingerprint density at radius 1 is 1.81 bits per heavy atom. The van der Waals surface area contributed by atoms with Crippen molar-refractivity contribution in [3.63, 3.8) is 0 Å². The first-order chi connectivity index (χ1) is 7.79. The van der Waals surface area contributed by atoms with Gasteiger partial charge in [-0.05, 0) is 0 Å². The van der Waals surface area contributed by atoms with Crippen molar-refractivity contribution < 1.29 is 14.4 Å². The molecule has 0 unspecified atom stereocenters. The molecule has 0 saturated heterocycles. The van der Waals surface area contributed by atoms with E-state index >= 15 is 0 Å². The minimum Gasteiger partial charge on any atom is -0.464 e. The van der Waals surface area contributed by atoms with Crippen molar-refractivity contribution in [2.75, 3.05) is 12.9 Å². The Morgan fingerprint density at radius 3 is 3.38 bits per heavy atom. The molecule has 2 rings (SSSR count). The van der Waals surface area contributed by atoms with Crippen LogP contribution < -0.4 is 0 Å². The highest BCUT2D eigenvalue weighted by Crippen LogP contribution is 2.24. The minimum atomic E-state index is -0.415. The Hall–Kier alpha value is -1.08. The van der Waals surface area contributed by atoms with Crippen molar-refractivity contribution in [3.05, 3.63) is 11.6 Å². The van der Waals surface area contributed by atoms with E-state index in [4.69, 9.17) is 4.84 Å². The molecule has 1 aliphatic rings. The quantitative estimate of drug-likeness (QED) is 0.606. The second-order valence-corrected chi connectivity index (χ2v) is 5.23. The van der Waals surface area contributed by atoms with Gasteiger partial charge in [-0.15, -0.1) is 11.3 Å². The van der Waals surface area contributed by atoms with Crippen LogP contribution in [0.15, 0.2) is 21.1 Å². The monoisotopic (exact) mass is 258 g/mol. The molecule has 1 aliphatic heterocycles. The summed E-state index contributed by atoms with van der Waals surface area (Å²) in [7, 11) is 1.34. The summed E-state index contributed by atoms with van der Waals surface area (Å²) in [6.45, 7) is 0. The summed E-state index contributed by atoms with van der Waals surface area (Å²) >= 11 is 3.19. The molecule has 0 fully saturated rings. The number of rotatable bonds is 4. The molecule has 0 bridgehead atoms. The van der Waals surface area contributed by atoms with E-state index in [1.54, 1.807) is 29.3 Å². The molecule has 2 heterocycles. The standard InChI is InChI=1S/C9H10N2O3S2/c1-13-8(12)7-4-6(14-11-7)5-16-9-10-2-3-15-9/h2-3,6H,4-5H2,1H3/t6-/m1/s1. The summed E-state index contributed by atoms with van der Waals surface area (Å²) < 4.78 is 5.56. The smallest absolute Gasteiger partial charge is 0.355 e. The molecule has 0 radical (unpaired) electrons. The van der Waals surface area contributed by atoms with Gasteiger partial charge in [0.15, 0.2) is 5.71 Å². The van der Waals surface area contributed by atoms with Gasteiger partial charge < -0.3 is 9.57 Å². The van der Waals surface area contributed by atoms with E-state index < -0.39 is 5.97 Å². The van der Waals surface area contributed by atoms with Crippen LogP contribution in [0.1, 0.15) is 6.42 Å². The maximum absolute atomic E-state index is 11.1. The number of nitrogens with zero attached hydrogens (tertiary/aromatic N) is 2. The molecule has 0 aromatic carbocycles. The van der Waals surface area contributed by atoms with Gasteiger partial charge in [0.2, 0.25) is 0 Å². The Bertz CT molecular complexity index is 391.